The highest BCUT2D eigenvalue weighted by Crippen LogP contribution is 2.22. The number of likely N-dealkylation sites (tertiary alicyclic amines) is 1. The second-order valence-electron chi connectivity index (χ2n) is 5.05. The van der Waals surface area contributed by atoms with Gasteiger partial charge in [-0.3, -0.25) is 4.79 Å². The Bertz CT molecular complexity index is 218. The first-order valence-corrected chi connectivity index (χ1v) is 6.59. The predicted octanol–water partition coefficient (Wildman–Crippen LogP) is 2.75. The van der Waals surface area contributed by atoms with Gasteiger partial charge >= 0.3 is 5.97 Å². The van der Waals surface area contributed by atoms with Crippen LogP contribution in [0, 0.1) is 5.92 Å². The van der Waals surface area contributed by atoms with Gasteiger partial charge in [0.2, 0.25) is 0 Å². The van der Waals surface area contributed by atoms with Crippen molar-refractivity contribution >= 4 is 5.97 Å². The third kappa shape index (κ3) is 4.52. The Hall–Kier alpha value is -0.570. The van der Waals surface area contributed by atoms with E-state index in [-0.39, 0.29) is 0 Å². The van der Waals surface area contributed by atoms with Gasteiger partial charge in [-0.2, -0.15) is 0 Å². The number of aliphatic carboxylic acids is 1. The van der Waals surface area contributed by atoms with Crippen LogP contribution in [0.5, 0.6) is 0 Å². The van der Waals surface area contributed by atoms with Crippen molar-refractivity contribution in [3.63, 3.8) is 0 Å². The molecule has 0 aromatic carbocycles. The molecule has 1 heterocycles. The Balaban J connectivity index is 2.18. The fraction of sp³-hybridized carbons (Fsp3) is 0.923. The van der Waals surface area contributed by atoms with Crippen molar-refractivity contribution in [2.45, 2.75) is 58.4 Å². The highest BCUT2D eigenvalue weighted by atomic mass is 16.4. The lowest BCUT2D eigenvalue weighted by molar-refractivity contribution is -0.137. The van der Waals surface area contributed by atoms with Crippen LogP contribution in [0.2, 0.25) is 0 Å². The van der Waals surface area contributed by atoms with Crippen LogP contribution in [0.15, 0.2) is 0 Å². The molecule has 2 unspecified atom stereocenters. The largest absolute Gasteiger partial charge is 0.481 e. The average molecular weight is 227 g/mol. The summed E-state index contributed by atoms with van der Waals surface area (Å²) in [7, 11) is 0. The molecule has 1 aliphatic heterocycles. The molecule has 0 radical (unpaired) electrons. The maximum absolute atomic E-state index is 10.6. The van der Waals surface area contributed by atoms with E-state index in [4.69, 9.17) is 5.11 Å². The predicted molar refractivity (Wildman–Crippen MR) is 65.5 cm³/mol. The van der Waals surface area contributed by atoms with E-state index in [0.717, 1.165) is 19.0 Å². The number of carboxylic acid groups (broad SMARTS) is 1. The Morgan fingerprint density at radius 3 is 2.62 bits per heavy atom. The van der Waals surface area contributed by atoms with Crippen molar-refractivity contribution in [1.82, 2.24) is 4.90 Å². The maximum atomic E-state index is 10.6. The average Bonchev–Trinajstić information content (AvgIpc) is 2.23. The van der Waals surface area contributed by atoms with Gasteiger partial charge < -0.3 is 10.0 Å². The molecule has 94 valence electrons. The van der Waals surface area contributed by atoms with Crippen LogP contribution < -0.4 is 0 Å². The Morgan fingerprint density at radius 2 is 2.19 bits per heavy atom. The zero-order valence-electron chi connectivity index (χ0n) is 10.6. The minimum atomic E-state index is -0.654. The second-order valence-corrected chi connectivity index (χ2v) is 5.05. The summed E-state index contributed by atoms with van der Waals surface area (Å²) in [5.74, 6) is -0.0488. The number of carbonyl (C=O) groups is 1. The van der Waals surface area contributed by atoms with Gasteiger partial charge in [-0.25, -0.2) is 0 Å². The number of rotatable bonds is 8. The van der Waals surface area contributed by atoms with E-state index in [1.165, 1.54) is 32.2 Å². The molecule has 1 N–H and O–H groups in total. The summed E-state index contributed by atoms with van der Waals surface area (Å²) < 4.78 is 0. The van der Waals surface area contributed by atoms with Crippen LogP contribution in [0.1, 0.15) is 52.4 Å². The molecule has 1 rings (SSSR count). The van der Waals surface area contributed by atoms with E-state index in [2.05, 4.69) is 18.7 Å². The first-order valence-electron chi connectivity index (χ1n) is 6.59. The van der Waals surface area contributed by atoms with Gasteiger partial charge in [0, 0.05) is 12.5 Å². The number of hydrogen-bond acceptors (Lipinski definition) is 2. The molecule has 1 aliphatic rings. The smallest absolute Gasteiger partial charge is 0.303 e. The van der Waals surface area contributed by atoms with Gasteiger partial charge in [0.05, 0.1) is 0 Å². The molecule has 3 nitrogen and oxygen atoms in total. The molecule has 0 amide bonds. The summed E-state index contributed by atoms with van der Waals surface area (Å²) in [6, 6.07) is 0.752. The quantitative estimate of drug-likeness (QED) is 0.693. The molecule has 2 atom stereocenters. The van der Waals surface area contributed by atoms with Gasteiger partial charge in [0.25, 0.3) is 0 Å². The molecule has 0 aromatic rings. The first kappa shape index (κ1) is 13.5. The zero-order chi connectivity index (χ0) is 12.0. The Morgan fingerprint density at radius 1 is 1.44 bits per heavy atom. The summed E-state index contributed by atoms with van der Waals surface area (Å²) in [5, 5.41) is 8.70. The van der Waals surface area contributed by atoms with Crippen LogP contribution in [-0.4, -0.2) is 35.1 Å². The second kappa shape index (κ2) is 6.89. The SMILES string of the molecule is CCCC(CCC(=O)O)CCN1CCC1C. The van der Waals surface area contributed by atoms with Crippen molar-refractivity contribution < 1.29 is 9.90 Å². The monoisotopic (exact) mass is 227 g/mol. The molecular formula is C13H25NO2. The summed E-state index contributed by atoms with van der Waals surface area (Å²) in [6.07, 6.45) is 6.03. The highest BCUT2D eigenvalue weighted by molar-refractivity contribution is 5.66. The summed E-state index contributed by atoms with van der Waals surface area (Å²) >= 11 is 0. The third-order valence-corrected chi connectivity index (χ3v) is 3.75. The number of hydrogen-bond donors (Lipinski definition) is 1. The van der Waals surface area contributed by atoms with Crippen LogP contribution in [0.4, 0.5) is 0 Å². The maximum Gasteiger partial charge on any atom is 0.303 e. The number of carboxylic acids is 1. The fourth-order valence-electron chi connectivity index (χ4n) is 2.42. The van der Waals surface area contributed by atoms with Crippen molar-refractivity contribution in [3.8, 4) is 0 Å². The normalized spacial score (nSPS) is 22.8. The first-order chi connectivity index (χ1) is 7.63. The van der Waals surface area contributed by atoms with Gasteiger partial charge in [-0.05, 0) is 45.2 Å². The summed E-state index contributed by atoms with van der Waals surface area (Å²) in [4.78, 5) is 13.1. The van der Waals surface area contributed by atoms with Crippen LogP contribution in [0.25, 0.3) is 0 Å². The molecule has 16 heavy (non-hydrogen) atoms. The topological polar surface area (TPSA) is 40.5 Å². The highest BCUT2D eigenvalue weighted by Gasteiger charge is 2.23. The van der Waals surface area contributed by atoms with Crippen molar-refractivity contribution in [2.24, 2.45) is 5.92 Å². The summed E-state index contributed by atoms with van der Waals surface area (Å²) in [5.41, 5.74) is 0. The lowest BCUT2D eigenvalue weighted by Gasteiger charge is -2.39. The zero-order valence-corrected chi connectivity index (χ0v) is 10.6. The minimum Gasteiger partial charge on any atom is -0.481 e. The van der Waals surface area contributed by atoms with E-state index < -0.39 is 5.97 Å². The third-order valence-electron chi connectivity index (χ3n) is 3.75. The molecule has 1 saturated heterocycles. The molecule has 0 aliphatic carbocycles. The van der Waals surface area contributed by atoms with Crippen LogP contribution in [-0.2, 0) is 4.79 Å². The van der Waals surface area contributed by atoms with Gasteiger partial charge in [-0.15, -0.1) is 0 Å². The minimum absolute atomic E-state index is 0.334. The lowest BCUT2D eigenvalue weighted by Crippen LogP contribution is -2.46. The molecule has 0 saturated carbocycles. The lowest BCUT2D eigenvalue weighted by atomic mass is 9.93. The van der Waals surface area contributed by atoms with E-state index >= 15 is 0 Å². The molecule has 0 aromatic heterocycles. The Labute approximate surface area is 98.8 Å². The van der Waals surface area contributed by atoms with E-state index in [9.17, 15) is 4.79 Å². The Kier molecular flexibility index (Phi) is 5.81. The van der Waals surface area contributed by atoms with E-state index in [0.29, 0.717) is 12.3 Å². The van der Waals surface area contributed by atoms with Crippen molar-refractivity contribution in [1.29, 1.82) is 0 Å². The molecule has 0 spiro atoms. The van der Waals surface area contributed by atoms with Crippen LogP contribution in [0.3, 0.4) is 0 Å². The van der Waals surface area contributed by atoms with Gasteiger partial charge in [0.1, 0.15) is 0 Å². The fourth-order valence-corrected chi connectivity index (χ4v) is 2.42. The molecule has 1 fully saturated rings. The van der Waals surface area contributed by atoms with Gasteiger partial charge in [0.15, 0.2) is 0 Å². The van der Waals surface area contributed by atoms with Crippen LogP contribution >= 0.6 is 0 Å². The molecular weight excluding hydrogens is 202 g/mol. The van der Waals surface area contributed by atoms with E-state index in [1.54, 1.807) is 0 Å². The van der Waals surface area contributed by atoms with Gasteiger partial charge in [-0.1, -0.05) is 19.8 Å². The molecule has 3 heteroatoms. The summed E-state index contributed by atoms with van der Waals surface area (Å²) in [6.45, 7) is 6.85. The standard InChI is InChI=1S/C13H25NO2/c1-3-4-12(5-6-13(15)16)8-10-14-9-7-11(14)2/h11-12H,3-10H2,1-2H3,(H,15,16). The molecule has 0 bridgehead atoms. The van der Waals surface area contributed by atoms with E-state index in [1.807, 2.05) is 0 Å². The number of nitrogens with zero attached hydrogens (tertiary/aromatic N) is 1. The van der Waals surface area contributed by atoms with Crippen molar-refractivity contribution in [3.05, 3.63) is 0 Å². The van der Waals surface area contributed by atoms with Crippen molar-refractivity contribution in [2.75, 3.05) is 13.1 Å².